The van der Waals surface area contributed by atoms with Gasteiger partial charge in [0.1, 0.15) is 5.82 Å². The van der Waals surface area contributed by atoms with Crippen molar-refractivity contribution in [3.05, 3.63) is 68.9 Å². The maximum Gasteiger partial charge on any atom is 0.127 e. The van der Waals surface area contributed by atoms with E-state index in [0.717, 1.165) is 10.0 Å². The molecule has 0 aliphatic rings. The van der Waals surface area contributed by atoms with Crippen LogP contribution in [0.5, 0.6) is 0 Å². The Bertz CT molecular complexity index is 595. The molecule has 1 atom stereocenters. The standard InChI is InChI=1S/C16H17BrFN/c1-10-3-4-13(7-11(10)2)16(19)8-12-5-6-14(17)9-15(12)18/h3-7,9,16H,8,19H2,1-2H3. The van der Waals surface area contributed by atoms with E-state index < -0.39 is 0 Å². The lowest BCUT2D eigenvalue weighted by molar-refractivity contribution is 0.592. The van der Waals surface area contributed by atoms with Crippen molar-refractivity contribution >= 4 is 15.9 Å². The van der Waals surface area contributed by atoms with Crippen LogP contribution in [0.2, 0.25) is 0 Å². The summed E-state index contributed by atoms with van der Waals surface area (Å²) in [6.45, 7) is 4.13. The average molecular weight is 322 g/mol. The fourth-order valence-electron chi connectivity index (χ4n) is 2.04. The first kappa shape index (κ1) is 14.2. The van der Waals surface area contributed by atoms with Gasteiger partial charge in [0.2, 0.25) is 0 Å². The molecule has 0 aliphatic heterocycles. The van der Waals surface area contributed by atoms with Crippen molar-refractivity contribution in [2.24, 2.45) is 5.73 Å². The topological polar surface area (TPSA) is 26.0 Å². The van der Waals surface area contributed by atoms with Crippen LogP contribution in [-0.2, 0) is 6.42 Å². The summed E-state index contributed by atoms with van der Waals surface area (Å²) >= 11 is 3.25. The summed E-state index contributed by atoms with van der Waals surface area (Å²) in [5.74, 6) is -0.214. The summed E-state index contributed by atoms with van der Waals surface area (Å²) in [6.07, 6.45) is 0.502. The predicted octanol–water partition coefficient (Wildman–Crippen LogP) is 4.45. The third-order valence-electron chi connectivity index (χ3n) is 3.41. The van der Waals surface area contributed by atoms with E-state index >= 15 is 0 Å². The summed E-state index contributed by atoms with van der Waals surface area (Å²) in [6, 6.07) is 11.1. The molecule has 2 aromatic carbocycles. The van der Waals surface area contributed by atoms with Gasteiger partial charge in [-0.3, -0.25) is 0 Å². The molecule has 0 radical (unpaired) electrons. The van der Waals surface area contributed by atoms with Crippen LogP contribution < -0.4 is 5.73 Å². The van der Waals surface area contributed by atoms with Crippen LogP contribution in [-0.4, -0.2) is 0 Å². The fraction of sp³-hybridized carbons (Fsp3) is 0.250. The van der Waals surface area contributed by atoms with Crippen molar-refractivity contribution in [2.45, 2.75) is 26.3 Å². The largest absolute Gasteiger partial charge is 0.324 e. The Hall–Kier alpha value is -1.19. The monoisotopic (exact) mass is 321 g/mol. The zero-order chi connectivity index (χ0) is 14.0. The second kappa shape index (κ2) is 5.85. The third kappa shape index (κ3) is 3.43. The summed E-state index contributed by atoms with van der Waals surface area (Å²) < 4.78 is 14.5. The lowest BCUT2D eigenvalue weighted by Gasteiger charge is -2.14. The zero-order valence-corrected chi connectivity index (χ0v) is 12.7. The average Bonchev–Trinajstić information content (AvgIpc) is 2.36. The van der Waals surface area contributed by atoms with Gasteiger partial charge in [-0.15, -0.1) is 0 Å². The summed E-state index contributed by atoms with van der Waals surface area (Å²) in [5.41, 5.74) is 10.3. The summed E-state index contributed by atoms with van der Waals surface area (Å²) in [7, 11) is 0. The van der Waals surface area contributed by atoms with Crippen molar-refractivity contribution in [1.82, 2.24) is 0 Å². The molecule has 2 N–H and O–H groups in total. The van der Waals surface area contributed by atoms with Gasteiger partial charge in [-0.2, -0.15) is 0 Å². The molecule has 0 spiro atoms. The number of rotatable bonds is 3. The molecule has 19 heavy (non-hydrogen) atoms. The normalized spacial score (nSPS) is 12.5. The molecule has 3 heteroatoms. The van der Waals surface area contributed by atoms with Gasteiger partial charge in [0, 0.05) is 10.5 Å². The second-order valence-corrected chi connectivity index (χ2v) is 5.81. The van der Waals surface area contributed by atoms with Gasteiger partial charge in [-0.1, -0.05) is 40.2 Å². The van der Waals surface area contributed by atoms with E-state index in [1.807, 2.05) is 12.1 Å². The molecule has 100 valence electrons. The number of halogens is 2. The highest BCUT2D eigenvalue weighted by Crippen LogP contribution is 2.22. The van der Waals surface area contributed by atoms with Crippen LogP contribution >= 0.6 is 15.9 Å². The van der Waals surface area contributed by atoms with Gasteiger partial charge in [0.15, 0.2) is 0 Å². The van der Waals surface area contributed by atoms with Crippen LogP contribution in [0.1, 0.15) is 28.3 Å². The van der Waals surface area contributed by atoms with Crippen molar-refractivity contribution in [3.63, 3.8) is 0 Å². The highest BCUT2D eigenvalue weighted by molar-refractivity contribution is 9.10. The van der Waals surface area contributed by atoms with Gasteiger partial charge in [0.05, 0.1) is 0 Å². The molecular weight excluding hydrogens is 305 g/mol. The Morgan fingerprint density at radius 1 is 1.11 bits per heavy atom. The molecule has 1 unspecified atom stereocenters. The van der Waals surface area contributed by atoms with Gasteiger partial charge >= 0.3 is 0 Å². The molecule has 2 aromatic rings. The van der Waals surface area contributed by atoms with Crippen LogP contribution in [0.4, 0.5) is 4.39 Å². The van der Waals surface area contributed by atoms with E-state index in [2.05, 4.69) is 41.9 Å². The Labute approximate surface area is 121 Å². The quantitative estimate of drug-likeness (QED) is 0.888. The number of nitrogens with two attached hydrogens (primary N) is 1. The highest BCUT2D eigenvalue weighted by Gasteiger charge is 2.11. The van der Waals surface area contributed by atoms with E-state index in [-0.39, 0.29) is 11.9 Å². The number of benzene rings is 2. The van der Waals surface area contributed by atoms with Gasteiger partial charge < -0.3 is 5.73 Å². The minimum Gasteiger partial charge on any atom is -0.324 e. The molecule has 1 nitrogen and oxygen atoms in total. The lowest BCUT2D eigenvalue weighted by Crippen LogP contribution is -2.14. The van der Waals surface area contributed by atoms with E-state index in [4.69, 9.17) is 5.73 Å². The van der Waals surface area contributed by atoms with Crippen LogP contribution in [0.15, 0.2) is 40.9 Å². The van der Waals surface area contributed by atoms with Crippen LogP contribution in [0.3, 0.4) is 0 Å². The molecule has 0 saturated carbocycles. The van der Waals surface area contributed by atoms with E-state index in [0.29, 0.717) is 12.0 Å². The minimum absolute atomic E-state index is 0.185. The first-order chi connectivity index (χ1) is 8.97. The molecular formula is C16H17BrFN. The Balaban J connectivity index is 2.20. The van der Waals surface area contributed by atoms with Gasteiger partial charge in [0.25, 0.3) is 0 Å². The molecule has 0 aromatic heterocycles. The van der Waals surface area contributed by atoms with E-state index in [1.54, 1.807) is 6.07 Å². The smallest absolute Gasteiger partial charge is 0.127 e. The van der Waals surface area contributed by atoms with Crippen molar-refractivity contribution in [2.75, 3.05) is 0 Å². The first-order valence-electron chi connectivity index (χ1n) is 6.24. The minimum atomic E-state index is -0.214. The van der Waals surface area contributed by atoms with Gasteiger partial charge in [-0.25, -0.2) is 4.39 Å². The summed E-state index contributed by atoms with van der Waals surface area (Å²) in [5, 5.41) is 0. The predicted molar refractivity (Wildman–Crippen MR) is 80.6 cm³/mol. The van der Waals surface area contributed by atoms with Crippen molar-refractivity contribution in [3.8, 4) is 0 Å². The van der Waals surface area contributed by atoms with E-state index in [1.165, 1.54) is 17.2 Å². The fourth-order valence-corrected chi connectivity index (χ4v) is 2.37. The number of hydrogen-bond acceptors (Lipinski definition) is 1. The van der Waals surface area contributed by atoms with Crippen molar-refractivity contribution in [1.29, 1.82) is 0 Å². The maximum absolute atomic E-state index is 13.8. The zero-order valence-electron chi connectivity index (χ0n) is 11.1. The molecule has 0 bridgehead atoms. The molecule has 0 saturated heterocycles. The van der Waals surface area contributed by atoms with Crippen LogP contribution in [0, 0.1) is 19.7 Å². The first-order valence-corrected chi connectivity index (χ1v) is 7.03. The second-order valence-electron chi connectivity index (χ2n) is 4.89. The molecule has 2 rings (SSSR count). The van der Waals surface area contributed by atoms with E-state index in [9.17, 15) is 4.39 Å². The maximum atomic E-state index is 13.8. The third-order valence-corrected chi connectivity index (χ3v) is 3.91. The number of hydrogen-bond donors (Lipinski definition) is 1. The highest BCUT2D eigenvalue weighted by atomic mass is 79.9. The van der Waals surface area contributed by atoms with Gasteiger partial charge in [-0.05, 0) is 54.7 Å². The molecule has 0 heterocycles. The lowest BCUT2D eigenvalue weighted by atomic mass is 9.96. The summed E-state index contributed by atoms with van der Waals surface area (Å²) in [4.78, 5) is 0. The van der Waals surface area contributed by atoms with Crippen molar-refractivity contribution < 1.29 is 4.39 Å². The molecule has 0 amide bonds. The Kier molecular flexibility index (Phi) is 4.38. The number of aryl methyl sites for hydroxylation is 2. The SMILES string of the molecule is Cc1ccc(C(N)Cc2ccc(Br)cc2F)cc1C. The molecule has 0 aliphatic carbocycles. The molecule has 0 fully saturated rings. The Morgan fingerprint density at radius 2 is 1.84 bits per heavy atom. The van der Waals surface area contributed by atoms with Crippen LogP contribution in [0.25, 0.3) is 0 Å². The Morgan fingerprint density at radius 3 is 2.47 bits per heavy atom.